The summed E-state index contributed by atoms with van der Waals surface area (Å²) in [5, 5.41) is 25.9. The average molecular weight is 441 g/mol. The van der Waals surface area contributed by atoms with Gasteiger partial charge in [0, 0.05) is 12.2 Å². The first kappa shape index (κ1) is 25.4. The van der Waals surface area contributed by atoms with E-state index < -0.39 is 54.0 Å². The Labute approximate surface area is 180 Å². The third-order valence-electron chi connectivity index (χ3n) is 4.29. The molecular weight excluding hydrogens is 412 g/mol. The van der Waals surface area contributed by atoms with E-state index in [1.54, 1.807) is 30.3 Å². The predicted molar refractivity (Wildman–Crippen MR) is 113 cm³/mol. The minimum Gasteiger partial charge on any atom is -0.480 e. The summed E-state index contributed by atoms with van der Waals surface area (Å²) in [6.07, 6.45) is -1.04. The molecule has 0 radical (unpaired) electrons. The first-order valence-electron chi connectivity index (χ1n) is 9.29. The SMILES string of the molecule is CC(NC(=O)C(CS)NC(=O)C(N)C(C)O)C(=O)NC(Cc1ccccc1)C(=O)O. The molecule has 5 atom stereocenters. The van der Waals surface area contributed by atoms with Gasteiger partial charge in [0.1, 0.15) is 24.2 Å². The second-order valence-electron chi connectivity index (χ2n) is 6.83. The molecule has 0 aliphatic carbocycles. The molecule has 0 aliphatic rings. The van der Waals surface area contributed by atoms with Crippen LogP contribution in [-0.2, 0) is 25.6 Å². The summed E-state index contributed by atoms with van der Waals surface area (Å²) < 4.78 is 0. The molecule has 30 heavy (non-hydrogen) atoms. The minimum absolute atomic E-state index is 0.0785. The normalized spacial score (nSPS) is 15.8. The number of carboxylic acids is 1. The van der Waals surface area contributed by atoms with E-state index in [0.717, 1.165) is 5.56 Å². The molecule has 5 unspecified atom stereocenters. The van der Waals surface area contributed by atoms with Gasteiger partial charge in [-0.2, -0.15) is 12.6 Å². The maximum absolute atomic E-state index is 12.4. The van der Waals surface area contributed by atoms with Gasteiger partial charge >= 0.3 is 5.97 Å². The Bertz CT molecular complexity index is 746. The van der Waals surface area contributed by atoms with Crippen LogP contribution in [0.15, 0.2) is 30.3 Å². The molecule has 0 fully saturated rings. The maximum atomic E-state index is 12.4. The van der Waals surface area contributed by atoms with Crippen molar-refractivity contribution in [2.45, 2.75) is 50.5 Å². The van der Waals surface area contributed by atoms with Gasteiger partial charge < -0.3 is 31.9 Å². The molecule has 11 heteroatoms. The van der Waals surface area contributed by atoms with E-state index >= 15 is 0 Å². The molecule has 1 aromatic carbocycles. The van der Waals surface area contributed by atoms with Crippen molar-refractivity contribution < 1.29 is 29.4 Å². The quantitative estimate of drug-likeness (QED) is 0.204. The third kappa shape index (κ3) is 8.01. The zero-order valence-corrected chi connectivity index (χ0v) is 17.6. The van der Waals surface area contributed by atoms with Crippen molar-refractivity contribution in [2.24, 2.45) is 5.73 Å². The van der Waals surface area contributed by atoms with E-state index in [1.807, 2.05) is 0 Å². The number of amides is 3. The van der Waals surface area contributed by atoms with Crippen LogP contribution < -0.4 is 21.7 Å². The summed E-state index contributed by atoms with van der Waals surface area (Å²) in [6, 6.07) is 4.22. The van der Waals surface area contributed by atoms with Crippen LogP contribution in [0.3, 0.4) is 0 Å². The van der Waals surface area contributed by atoms with Gasteiger partial charge in [-0.25, -0.2) is 4.79 Å². The fraction of sp³-hybridized carbons (Fsp3) is 0.474. The number of hydrogen-bond donors (Lipinski definition) is 7. The largest absolute Gasteiger partial charge is 0.480 e. The maximum Gasteiger partial charge on any atom is 0.326 e. The molecule has 0 aromatic heterocycles. The van der Waals surface area contributed by atoms with Crippen LogP contribution in [0, 0.1) is 0 Å². The summed E-state index contributed by atoms with van der Waals surface area (Å²) in [5.74, 6) is -3.43. The number of aliphatic hydroxyl groups is 1. The molecular formula is C19H28N4O6S. The highest BCUT2D eigenvalue weighted by atomic mass is 32.1. The highest BCUT2D eigenvalue weighted by Crippen LogP contribution is 2.04. The van der Waals surface area contributed by atoms with Crippen LogP contribution in [0.25, 0.3) is 0 Å². The number of aliphatic hydroxyl groups excluding tert-OH is 1. The van der Waals surface area contributed by atoms with E-state index in [0.29, 0.717) is 0 Å². The van der Waals surface area contributed by atoms with Gasteiger partial charge in [-0.3, -0.25) is 14.4 Å². The lowest BCUT2D eigenvalue weighted by atomic mass is 10.1. The number of nitrogens with two attached hydrogens (primary N) is 1. The summed E-state index contributed by atoms with van der Waals surface area (Å²) >= 11 is 4.00. The van der Waals surface area contributed by atoms with Crippen molar-refractivity contribution in [3.63, 3.8) is 0 Å². The van der Waals surface area contributed by atoms with Crippen LogP contribution in [0.2, 0.25) is 0 Å². The van der Waals surface area contributed by atoms with Gasteiger partial charge in [0.2, 0.25) is 17.7 Å². The van der Waals surface area contributed by atoms with Crippen LogP contribution in [0.1, 0.15) is 19.4 Å². The second kappa shape index (κ2) is 12.2. The zero-order chi connectivity index (χ0) is 22.8. The van der Waals surface area contributed by atoms with Gasteiger partial charge in [0.15, 0.2) is 0 Å². The molecule has 3 amide bonds. The summed E-state index contributed by atoms with van der Waals surface area (Å²) in [5.41, 5.74) is 6.25. The van der Waals surface area contributed by atoms with Crippen LogP contribution >= 0.6 is 12.6 Å². The van der Waals surface area contributed by atoms with Crippen molar-refractivity contribution >= 4 is 36.3 Å². The fourth-order valence-electron chi connectivity index (χ4n) is 2.41. The minimum atomic E-state index is -1.23. The Morgan fingerprint density at radius 3 is 2.03 bits per heavy atom. The van der Waals surface area contributed by atoms with Gasteiger partial charge in [-0.1, -0.05) is 30.3 Å². The lowest BCUT2D eigenvalue weighted by Crippen LogP contribution is -2.58. The lowest BCUT2D eigenvalue weighted by molar-refractivity contribution is -0.142. The van der Waals surface area contributed by atoms with E-state index in [4.69, 9.17) is 5.73 Å². The molecule has 7 N–H and O–H groups in total. The number of thiol groups is 1. The van der Waals surface area contributed by atoms with Crippen molar-refractivity contribution in [2.75, 3.05) is 5.75 Å². The van der Waals surface area contributed by atoms with Crippen LogP contribution in [0.4, 0.5) is 0 Å². The van der Waals surface area contributed by atoms with E-state index in [2.05, 4.69) is 28.6 Å². The molecule has 0 aliphatic heterocycles. The average Bonchev–Trinajstić information content (AvgIpc) is 2.70. The number of carbonyl (C=O) groups is 4. The number of rotatable bonds is 11. The standard InChI is InChI=1S/C19H28N4O6S/c1-10(21-17(26)14(9-30)23-18(27)15(20)11(2)24)16(25)22-13(19(28)29)8-12-6-4-3-5-7-12/h3-7,10-11,13-15,24,30H,8-9,20H2,1-2H3,(H,21,26)(H,22,25)(H,23,27)(H,28,29). The molecule has 1 rings (SSSR count). The van der Waals surface area contributed by atoms with Gasteiger partial charge in [0.05, 0.1) is 6.10 Å². The molecule has 0 bridgehead atoms. The Kier molecular flexibility index (Phi) is 10.3. The molecule has 1 aromatic rings. The van der Waals surface area contributed by atoms with Gasteiger partial charge in [-0.15, -0.1) is 0 Å². The highest BCUT2D eigenvalue weighted by molar-refractivity contribution is 7.80. The first-order valence-corrected chi connectivity index (χ1v) is 9.92. The Balaban J connectivity index is 2.68. The number of carbonyl (C=O) groups excluding carboxylic acids is 3. The molecule has 0 spiro atoms. The summed E-state index contributed by atoms with van der Waals surface area (Å²) in [7, 11) is 0. The van der Waals surface area contributed by atoms with Crippen molar-refractivity contribution in [1.29, 1.82) is 0 Å². The number of nitrogens with one attached hydrogen (secondary N) is 3. The van der Waals surface area contributed by atoms with E-state index in [1.165, 1.54) is 13.8 Å². The monoisotopic (exact) mass is 440 g/mol. The summed E-state index contributed by atoms with van der Waals surface area (Å²) in [6.45, 7) is 2.72. The zero-order valence-electron chi connectivity index (χ0n) is 16.7. The Morgan fingerprint density at radius 2 is 1.53 bits per heavy atom. The van der Waals surface area contributed by atoms with E-state index in [-0.39, 0.29) is 12.2 Å². The number of aliphatic carboxylic acids is 1. The van der Waals surface area contributed by atoms with Gasteiger partial charge in [-0.05, 0) is 19.4 Å². The summed E-state index contributed by atoms with van der Waals surface area (Å²) in [4.78, 5) is 48.1. The van der Waals surface area contributed by atoms with Crippen LogP contribution in [-0.4, -0.2) is 69.9 Å². The van der Waals surface area contributed by atoms with Crippen molar-refractivity contribution in [3.05, 3.63) is 35.9 Å². The molecule has 0 saturated carbocycles. The Morgan fingerprint density at radius 1 is 0.967 bits per heavy atom. The molecule has 166 valence electrons. The van der Waals surface area contributed by atoms with E-state index in [9.17, 15) is 29.4 Å². The molecule has 10 nitrogen and oxygen atoms in total. The van der Waals surface area contributed by atoms with Crippen molar-refractivity contribution in [1.82, 2.24) is 16.0 Å². The first-order chi connectivity index (χ1) is 14.1. The third-order valence-corrected chi connectivity index (χ3v) is 4.65. The van der Waals surface area contributed by atoms with Crippen molar-refractivity contribution in [3.8, 4) is 0 Å². The highest BCUT2D eigenvalue weighted by Gasteiger charge is 2.28. The second-order valence-corrected chi connectivity index (χ2v) is 7.19. The number of benzene rings is 1. The fourth-order valence-corrected chi connectivity index (χ4v) is 2.66. The predicted octanol–water partition coefficient (Wildman–Crippen LogP) is -1.57. The molecule has 0 saturated heterocycles. The number of hydrogen-bond acceptors (Lipinski definition) is 7. The molecule has 0 heterocycles. The van der Waals surface area contributed by atoms with Gasteiger partial charge in [0.25, 0.3) is 0 Å². The smallest absolute Gasteiger partial charge is 0.326 e. The lowest BCUT2D eigenvalue weighted by Gasteiger charge is -2.23. The number of carboxylic acid groups (broad SMARTS) is 1. The van der Waals surface area contributed by atoms with Crippen LogP contribution in [0.5, 0.6) is 0 Å². The Hall–Kier alpha value is -2.63. The topological polar surface area (TPSA) is 171 Å².